The van der Waals surface area contributed by atoms with E-state index in [1.807, 2.05) is 18.4 Å². The Morgan fingerprint density at radius 2 is 1.90 bits per heavy atom. The van der Waals surface area contributed by atoms with Gasteiger partial charge in [-0.15, -0.1) is 0 Å². The lowest BCUT2D eigenvalue weighted by atomic mass is 10.3. The predicted octanol–water partition coefficient (Wildman–Crippen LogP) is 2.43. The summed E-state index contributed by atoms with van der Waals surface area (Å²) < 4.78 is 28.6. The summed E-state index contributed by atoms with van der Waals surface area (Å²) in [4.78, 5) is 0.382. The minimum atomic E-state index is -3.41. The maximum absolute atomic E-state index is 12.6. The summed E-state index contributed by atoms with van der Waals surface area (Å²) in [6.45, 7) is 11.5. The van der Waals surface area contributed by atoms with Crippen LogP contribution < -0.4 is 5.32 Å². The number of hydrogen-bond donors (Lipinski definition) is 1. The number of sulfonamides is 1. The summed E-state index contributed by atoms with van der Waals surface area (Å²) in [5.41, 5.74) is 1.02. The fourth-order valence-corrected chi connectivity index (χ4v) is 3.45. The van der Waals surface area contributed by atoms with Crippen LogP contribution in [-0.2, 0) is 23.1 Å². The molecule has 0 atom stereocenters. The Hall–Kier alpha value is -0.850. The molecular formula is C15H29N3O2S. The van der Waals surface area contributed by atoms with E-state index in [2.05, 4.69) is 26.1 Å². The summed E-state index contributed by atoms with van der Waals surface area (Å²) in [5.74, 6) is 0. The fourth-order valence-electron chi connectivity index (χ4n) is 2.02. The second-order valence-electron chi connectivity index (χ2n) is 6.01. The van der Waals surface area contributed by atoms with Gasteiger partial charge in [-0.1, -0.05) is 20.8 Å². The van der Waals surface area contributed by atoms with E-state index in [9.17, 15) is 8.42 Å². The molecule has 1 aromatic heterocycles. The Kier molecular flexibility index (Phi) is 6.43. The molecule has 0 aliphatic carbocycles. The Balaban J connectivity index is 3.11. The molecule has 5 nitrogen and oxygen atoms in total. The molecule has 122 valence electrons. The van der Waals surface area contributed by atoms with E-state index in [4.69, 9.17) is 0 Å². The van der Waals surface area contributed by atoms with E-state index in [0.717, 1.165) is 18.7 Å². The third-order valence-corrected chi connectivity index (χ3v) is 5.52. The van der Waals surface area contributed by atoms with Crippen molar-refractivity contribution in [2.75, 3.05) is 7.05 Å². The van der Waals surface area contributed by atoms with Gasteiger partial charge < -0.3 is 9.88 Å². The van der Waals surface area contributed by atoms with Gasteiger partial charge in [0.2, 0.25) is 10.0 Å². The number of hydrogen-bond acceptors (Lipinski definition) is 3. The van der Waals surface area contributed by atoms with Crippen LogP contribution in [0.1, 0.15) is 46.7 Å². The van der Waals surface area contributed by atoms with Crippen LogP contribution in [0.2, 0.25) is 0 Å². The first-order chi connectivity index (χ1) is 9.70. The van der Waals surface area contributed by atoms with Crippen LogP contribution in [0.15, 0.2) is 17.2 Å². The maximum atomic E-state index is 12.6. The first kappa shape index (κ1) is 18.2. The van der Waals surface area contributed by atoms with Crippen molar-refractivity contribution in [1.29, 1.82) is 0 Å². The molecular weight excluding hydrogens is 286 g/mol. The third-order valence-electron chi connectivity index (χ3n) is 3.52. The van der Waals surface area contributed by atoms with Crippen molar-refractivity contribution in [2.45, 2.75) is 71.1 Å². The normalized spacial score (nSPS) is 12.8. The highest BCUT2D eigenvalue weighted by Gasteiger charge is 2.25. The highest BCUT2D eigenvalue weighted by Crippen LogP contribution is 2.20. The SMILES string of the molecule is CCCn1cc(S(=O)(=O)N(C)C(C)C)cc1CNC(C)C. The summed E-state index contributed by atoms with van der Waals surface area (Å²) in [6.07, 6.45) is 2.73. The van der Waals surface area contributed by atoms with Gasteiger partial charge in [0, 0.05) is 44.1 Å². The molecule has 21 heavy (non-hydrogen) atoms. The highest BCUT2D eigenvalue weighted by molar-refractivity contribution is 7.89. The first-order valence-electron chi connectivity index (χ1n) is 7.60. The van der Waals surface area contributed by atoms with Crippen LogP contribution >= 0.6 is 0 Å². The second-order valence-corrected chi connectivity index (χ2v) is 8.01. The van der Waals surface area contributed by atoms with Crippen molar-refractivity contribution in [3.63, 3.8) is 0 Å². The van der Waals surface area contributed by atoms with Gasteiger partial charge in [-0.25, -0.2) is 8.42 Å². The number of aromatic nitrogens is 1. The summed E-state index contributed by atoms with van der Waals surface area (Å²) in [5, 5.41) is 3.35. The molecule has 6 heteroatoms. The Labute approximate surface area is 129 Å². The van der Waals surface area contributed by atoms with E-state index in [1.165, 1.54) is 4.31 Å². The molecule has 0 fully saturated rings. The van der Waals surface area contributed by atoms with E-state index in [-0.39, 0.29) is 6.04 Å². The molecule has 1 heterocycles. The lowest BCUT2D eigenvalue weighted by Crippen LogP contribution is -2.32. The smallest absolute Gasteiger partial charge is 0.244 e. The van der Waals surface area contributed by atoms with Crippen molar-refractivity contribution < 1.29 is 8.42 Å². The largest absolute Gasteiger partial charge is 0.349 e. The monoisotopic (exact) mass is 315 g/mol. The zero-order valence-electron chi connectivity index (χ0n) is 14.0. The van der Waals surface area contributed by atoms with E-state index in [0.29, 0.717) is 17.5 Å². The van der Waals surface area contributed by atoms with E-state index < -0.39 is 10.0 Å². The van der Waals surface area contributed by atoms with Crippen molar-refractivity contribution in [1.82, 2.24) is 14.2 Å². The molecule has 0 radical (unpaired) electrons. The van der Waals surface area contributed by atoms with Gasteiger partial charge in [0.05, 0.1) is 0 Å². The van der Waals surface area contributed by atoms with Gasteiger partial charge >= 0.3 is 0 Å². The number of nitrogens with one attached hydrogen (secondary N) is 1. The molecule has 0 aliphatic heterocycles. The van der Waals surface area contributed by atoms with Crippen LogP contribution in [0.25, 0.3) is 0 Å². The molecule has 1 rings (SSSR count). The number of rotatable bonds is 8. The van der Waals surface area contributed by atoms with Crippen molar-refractivity contribution in [3.05, 3.63) is 18.0 Å². The number of nitrogens with zero attached hydrogens (tertiary/aromatic N) is 2. The van der Waals surface area contributed by atoms with Crippen LogP contribution in [0.5, 0.6) is 0 Å². The van der Waals surface area contributed by atoms with E-state index in [1.54, 1.807) is 19.3 Å². The Morgan fingerprint density at radius 3 is 2.38 bits per heavy atom. The zero-order valence-corrected chi connectivity index (χ0v) is 14.9. The highest BCUT2D eigenvalue weighted by atomic mass is 32.2. The van der Waals surface area contributed by atoms with Crippen LogP contribution in [-0.4, -0.2) is 36.4 Å². The second kappa shape index (κ2) is 7.42. The van der Waals surface area contributed by atoms with Crippen molar-refractivity contribution >= 4 is 10.0 Å². The average Bonchev–Trinajstić information content (AvgIpc) is 2.79. The zero-order chi connectivity index (χ0) is 16.2. The number of aryl methyl sites for hydroxylation is 1. The third kappa shape index (κ3) is 4.56. The Morgan fingerprint density at radius 1 is 1.29 bits per heavy atom. The molecule has 1 N–H and O–H groups in total. The summed E-state index contributed by atoms with van der Waals surface area (Å²) >= 11 is 0. The molecule has 0 bridgehead atoms. The van der Waals surface area contributed by atoms with Crippen molar-refractivity contribution in [2.24, 2.45) is 0 Å². The van der Waals surface area contributed by atoms with Crippen LogP contribution in [0, 0.1) is 0 Å². The van der Waals surface area contributed by atoms with E-state index >= 15 is 0 Å². The molecule has 0 amide bonds. The minimum absolute atomic E-state index is 0.0539. The van der Waals surface area contributed by atoms with Gasteiger partial charge in [-0.2, -0.15) is 4.31 Å². The molecule has 0 spiro atoms. The summed E-state index contributed by atoms with van der Waals surface area (Å²) in [6, 6.07) is 2.11. The van der Waals surface area contributed by atoms with Crippen LogP contribution in [0.3, 0.4) is 0 Å². The molecule has 0 aromatic carbocycles. The molecule has 0 aliphatic rings. The van der Waals surface area contributed by atoms with Gasteiger partial charge in [0.1, 0.15) is 4.90 Å². The summed E-state index contributed by atoms with van der Waals surface area (Å²) in [7, 11) is -1.78. The van der Waals surface area contributed by atoms with Gasteiger partial charge in [0.15, 0.2) is 0 Å². The lowest BCUT2D eigenvalue weighted by molar-refractivity contribution is 0.410. The fraction of sp³-hybridized carbons (Fsp3) is 0.733. The molecule has 0 unspecified atom stereocenters. The molecule has 1 aromatic rings. The first-order valence-corrected chi connectivity index (χ1v) is 9.04. The predicted molar refractivity (Wildman–Crippen MR) is 86.8 cm³/mol. The quantitative estimate of drug-likeness (QED) is 0.801. The minimum Gasteiger partial charge on any atom is -0.349 e. The maximum Gasteiger partial charge on any atom is 0.244 e. The van der Waals surface area contributed by atoms with Gasteiger partial charge in [-0.3, -0.25) is 0 Å². The topological polar surface area (TPSA) is 54.3 Å². The van der Waals surface area contributed by atoms with Gasteiger partial charge in [-0.05, 0) is 26.3 Å². The van der Waals surface area contributed by atoms with Crippen molar-refractivity contribution in [3.8, 4) is 0 Å². The standard InChI is InChI=1S/C15H29N3O2S/c1-7-8-18-11-15(9-14(18)10-16-12(2)3)21(19,20)17(6)13(4)5/h9,11-13,16H,7-8,10H2,1-6H3. The molecule has 0 saturated carbocycles. The van der Waals surface area contributed by atoms with Crippen LogP contribution in [0.4, 0.5) is 0 Å². The molecule has 0 saturated heterocycles. The Bertz CT molecular complexity index is 547. The van der Waals surface area contributed by atoms with Gasteiger partial charge in [0.25, 0.3) is 0 Å². The lowest BCUT2D eigenvalue weighted by Gasteiger charge is -2.19. The average molecular weight is 315 g/mol.